The van der Waals surface area contributed by atoms with Crippen LogP contribution in [0.4, 0.5) is 5.69 Å². The van der Waals surface area contributed by atoms with Crippen molar-refractivity contribution in [3.8, 4) is 17.2 Å². The Labute approximate surface area is 158 Å². The second-order valence-electron chi connectivity index (χ2n) is 5.43. The molecule has 0 aliphatic rings. The van der Waals surface area contributed by atoms with Crippen LogP contribution in [0.2, 0.25) is 5.02 Å². The summed E-state index contributed by atoms with van der Waals surface area (Å²) in [6.07, 6.45) is 4.04. The monoisotopic (exact) mass is 375 g/mol. The van der Waals surface area contributed by atoms with Crippen LogP contribution in [0.1, 0.15) is 18.9 Å². The van der Waals surface area contributed by atoms with Gasteiger partial charge in [0.15, 0.2) is 11.5 Å². The van der Waals surface area contributed by atoms with Gasteiger partial charge in [-0.2, -0.15) is 0 Å². The van der Waals surface area contributed by atoms with Gasteiger partial charge >= 0.3 is 0 Å². The molecular weight excluding hydrogens is 354 g/mol. The number of benzene rings is 2. The number of carbonyl (C=O) groups is 1. The fourth-order valence-corrected chi connectivity index (χ4v) is 2.42. The molecule has 0 heterocycles. The molecule has 0 spiro atoms. The van der Waals surface area contributed by atoms with Crippen molar-refractivity contribution in [3.05, 3.63) is 53.1 Å². The highest BCUT2D eigenvalue weighted by Gasteiger charge is 2.07. The first kappa shape index (κ1) is 19.7. The molecule has 26 heavy (non-hydrogen) atoms. The molecule has 1 amide bonds. The summed E-state index contributed by atoms with van der Waals surface area (Å²) < 4.78 is 16.2. The molecule has 0 atom stereocenters. The minimum absolute atomic E-state index is 0.296. The van der Waals surface area contributed by atoms with E-state index in [1.54, 1.807) is 31.4 Å². The largest absolute Gasteiger partial charge is 0.495 e. The molecule has 0 unspecified atom stereocenters. The highest BCUT2D eigenvalue weighted by atomic mass is 35.5. The zero-order valence-electron chi connectivity index (χ0n) is 15.0. The van der Waals surface area contributed by atoms with E-state index >= 15 is 0 Å². The quantitative estimate of drug-likeness (QED) is 0.673. The lowest BCUT2D eigenvalue weighted by Gasteiger charge is -2.10. The van der Waals surface area contributed by atoms with Crippen LogP contribution in [0, 0.1) is 0 Å². The van der Waals surface area contributed by atoms with Gasteiger partial charge in [0.05, 0.1) is 26.5 Å². The van der Waals surface area contributed by atoms with Gasteiger partial charge in [0.1, 0.15) is 5.75 Å². The molecule has 2 aromatic rings. The highest BCUT2D eigenvalue weighted by Crippen LogP contribution is 2.29. The Kier molecular flexibility index (Phi) is 7.36. The van der Waals surface area contributed by atoms with Crippen LogP contribution in [0.25, 0.3) is 6.08 Å². The summed E-state index contributed by atoms with van der Waals surface area (Å²) in [6, 6.07) is 10.5. The number of rotatable bonds is 8. The zero-order valence-corrected chi connectivity index (χ0v) is 15.8. The second-order valence-corrected chi connectivity index (χ2v) is 5.86. The van der Waals surface area contributed by atoms with Gasteiger partial charge in [0.25, 0.3) is 0 Å². The Morgan fingerprint density at radius 1 is 1.08 bits per heavy atom. The van der Waals surface area contributed by atoms with Crippen molar-refractivity contribution in [1.29, 1.82) is 0 Å². The third-order valence-corrected chi connectivity index (χ3v) is 3.73. The Morgan fingerprint density at radius 2 is 1.81 bits per heavy atom. The minimum atomic E-state index is -0.296. The Morgan fingerprint density at radius 3 is 2.50 bits per heavy atom. The summed E-state index contributed by atoms with van der Waals surface area (Å²) in [7, 11) is 3.11. The average molecular weight is 376 g/mol. The fourth-order valence-electron chi connectivity index (χ4n) is 2.24. The van der Waals surface area contributed by atoms with E-state index in [1.807, 2.05) is 25.1 Å². The summed E-state index contributed by atoms with van der Waals surface area (Å²) in [4.78, 5) is 12.2. The number of amides is 1. The van der Waals surface area contributed by atoms with Gasteiger partial charge in [-0.15, -0.1) is 0 Å². The van der Waals surface area contributed by atoms with Crippen molar-refractivity contribution >= 4 is 29.3 Å². The average Bonchev–Trinajstić information content (AvgIpc) is 2.65. The van der Waals surface area contributed by atoms with Crippen LogP contribution in [0.15, 0.2) is 42.5 Å². The van der Waals surface area contributed by atoms with Gasteiger partial charge in [-0.3, -0.25) is 4.79 Å². The summed E-state index contributed by atoms with van der Waals surface area (Å²) >= 11 is 5.96. The van der Waals surface area contributed by atoms with Gasteiger partial charge in [-0.05, 0) is 48.4 Å². The van der Waals surface area contributed by atoms with Gasteiger partial charge in [-0.25, -0.2) is 0 Å². The van der Waals surface area contributed by atoms with Gasteiger partial charge in [-0.1, -0.05) is 24.6 Å². The van der Waals surface area contributed by atoms with E-state index in [4.69, 9.17) is 25.8 Å². The molecule has 0 aliphatic carbocycles. The highest BCUT2D eigenvalue weighted by molar-refractivity contribution is 6.31. The molecule has 0 radical (unpaired) electrons. The number of halogens is 1. The zero-order chi connectivity index (χ0) is 18.9. The Bertz CT molecular complexity index is 789. The van der Waals surface area contributed by atoms with Crippen LogP contribution < -0.4 is 19.5 Å². The molecular formula is C20H22ClNO4. The van der Waals surface area contributed by atoms with Crippen LogP contribution in [-0.4, -0.2) is 26.7 Å². The van der Waals surface area contributed by atoms with Crippen molar-refractivity contribution in [2.45, 2.75) is 13.3 Å². The molecule has 0 fully saturated rings. The number of hydrogen-bond donors (Lipinski definition) is 1. The predicted octanol–water partition coefficient (Wildman–Crippen LogP) is 4.80. The molecule has 138 valence electrons. The first-order valence-electron chi connectivity index (χ1n) is 8.20. The van der Waals surface area contributed by atoms with Crippen molar-refractivity contribution in [1.82, 2.24) is 0 Å². The summed E-state index contributed by atoms with van der Waals surface area (Å²) in [5, 5.41) is 3.26. The maximum Gasteiger partial charge on any atom is 0.248 e. The minimum Gasteiger partial charge on any atom is -0.495 e. The number of nitrogens with one attached hydrogen (secondary N) is 1. The van der Waals surface area contributed by atoms with E-state index in [9.17, 15) is 4.79 Å². The smallest absolute Gasteiger partial charge is 0.248 e. The Hall–Kier alpha value is -2.66. The molecule has 0 bridgehead atoms. The first-order chi connectivity index (χ1) is 12.6. The van der Waals surface area contributed by atoms with E-state index in [0.29, 0.717) is 34.6 Å². The van der Waals surface area contributed by atoms with E-state index in [-0.39, 0.29) is 5.91 Å². The SMILES string of the molecule is CCCOc1ccc(C=CC(=O)Nc2cc(Cl)ccc2OC)cc1OC. The van der Waals surface area contributed by atoms with E-state index in [1.165, 1.54) is 13.2 Å². The van der Waals surface area contributed by atoms with Crippen LogP contribution in [0.5, 0.6) is 17.2 Å². The molecule has 6 heteroatoms. The normalized spacial score (nSPS) is 10.6. The molecule has 0 saturated carbocycles. The van der Waals surface area contributed by atoms with E-state index in [0.717, 1.165) is 12.0 Å². The summed E-state index contributed by atoms with van der Waals surface area (Å²) in [5.74, 6) is 1.54. The molecule has 0 saturated heterocycles. The van der Waals surface area contributed by atoms with E-state index < -0.39 is 0 Å². The number of hydrogen-bond acceptors (Lipinski definition) is 4. The summed E-state index contributed by atoms with van der Waals surface area (Å²) in [5.41, 5.74) is 1.33. The lowest BCUT2D eigenvalue weighted by molar-refractivity contribution is -0.111. The molecule has 0 aromatic heterocycles. The molecule has 5 nitrogen and oxygen atoms in total. The molecule has 0 aliphatic heterocycles. The fraction of sp³-hybridized carbons (Fsp3) is 0.250. The van der Waals surface area contributed by atoms with Crippen LogP contribution >= 0.6 is 11.6 Å². The predicted molar refractivity (Wildman–Crippen MR) is 104 cm³/mol. The number of methoxy groups -OCH3 is 2. The number of ether oxygens (including phenoxy) is 3. The Balaban J connectivity index is 2.09. The number of anilines is 1. The van der Waals surface area contributed by atoms with Gasteiger partial charge in [0.2, 0.25) is 5.91 Å². The third-order valence-electron chi connectivity index (χ3n) is 3.50. The lowest BCUT2D eigenvalue weighted by Crippen LogP contribution is -2.08. The van der Waals surface area contributed by atoms with Gasteiger partial charge < -0.3 is 19.5 Å². The number of carbonyl (C=O) groups excluding carboxylic acids is 1. The first-order valence-corrected chi connectivity index (χ1v) is 8.58. The standard InChI is InChI=1S/C20H22ClNO4/c1-4-11-26-18-8-5-14(12-19(18)25-3)6-10-20(23)22-16-13-15(21)7-9-17(16)24-2/h5-10,12-13H,4,11H2,1-3H3,(H,22,23). The molecule has 1 N–H and O–H groups in total. The van der Waals surface area contributed by atoms with Crippen molar-refractivity contribution in [3.63, 3.8) is 0 Å². The van der Waals surface area contributed by atoms with Crippen molar-refractivity contribution < 1.29 is 19.0 Å². The second kappa shape index (κ2) is 9.73. The van der Waals surface area contributed by atoms with E-state index in [2.05, 4.69) is 5.32 Å². The third kappa shape index (κ3) is 5.43. The topological polar surface area (TPSA) is 56.8 Å². The maximum absolute atomic E-state index is 12.2. The summed E-state index contributed by atoms with van der Waals surface area (Å²) in [6.45, 7) is 2.66. The van der Waals surface area contributed by atoms with Crippen molar-refractivity contribution in [2.24, 2.45) is 0 Å². The molecule has 2 rings (SSSR count). The van der Waals surface area contributed by atoms with Crippen LogP contribution in [0.3, 0.4) is 0 Å². The maximum atomic E-state index is 12.2. The van der Waals surface area contributed by atoms with Gasteiger partial charge in [0, 0.05) is 11.1 Å². The molecule has 2 aromatic carbocycles. The van der Waals surface area contributed by atoms with Crippen LogP contribution in [-0.2, 0) is 4.79 Å². The lowest BCUT2D eigenvalue weighted by atomic mass is 10.2. The van der Waals surface area contributed by atoms with Crippen molar-refractivity contribution in [2.75, 3.05) is 26.1 Å².